The molecule has 0 saturated heterocycles. The largest absolute Gasteiger partial charge is 0.405 e. The van der Waals surface area contributed by atoms with Crippen molar-refractivity contribution in [3.05, 3.63) is 0 Å². The number of unbranched alkanes of at least 4 members (excludes halogenated alkanes) is 10. The van der Waals surface area contributed by atoms with Crippen LogP contribution >= 0.6 is 21.3 Å². The molecule has 0 aliphatic heterocycles. The third-order valence-electron chi connectivity index (χ3n) is 3.94. The first-order valence-corrected chi connectivity index (χ1v) is 12.8. The number of carbonyl (C=O) groups excluding carboxylic acids is 2. The Bertz CT molecular complexity index is 337. The lowest BCUT2D eigenvalue weighted by molar-refractivity contribution is -0.134. The maximum Gasteiger partial charge on any atom is 0.318 e. The van der Waals surface area contributed by atoms with Crippen molar-refractivity contribution >= 4 is 33.2 Å². The van der Waals surface area contributed by atoms with Gasteiger partial charge in [0, 0.05) is 18.6 Å². The molecule has 0 aliphatic carbocycles. The van der Waals surface area contributed by atoms with Crippen LogP contribution in [0.5, 0.6) is 0 Å². The highest BCUT2D eigenvalue weighted by molar-refractivity contribution is 8.81. The molecule has 0 aromatic rings. The van der Waals surface area contributed by atoms with Gasteiger partial charge >= 0.3 is 11.9 Å². The van der Waals surface area contributed by atoms with Crippen LogP contribution in [-0.4, -0.2) is 17.7 Å². The molecule has 0 saturated carbocycles. The van der Waals surface area contributed by atoms with Crippen LogP contribution in [0.25, 0.3) is 0 Å². The van der Waals surface area contributed by atoms with E-state index >= 15 is 0 Å². The van der Waals surface area contributed by atoms with E-state index in [1.165, 1.54) is 57.8 Å². The van der Waals surface area contributed by atoms with Crippen LogP contribution in [0, 0.1) is 0 Å². The highest BCUT2D eigenvalue weighted by Gasteiger charge is 2.13. The van der Waals surface area contributed by atoms with Crippen LogP contribution in [0.3, 0.4) is 0 Å². The normalized spacial score (nSPS) is 12.7. The van der Waals surface area contributed by atoms with E-state index in [0.717, 1.165) is 29.7 Å². The molecule has 0 fully saturated rings. The molecule has 0 heterocycles. The van der Waals surface area contributed by atoms with Crippen LogP contribution in [0.2, 0.25) is 0 Å². The fraction of sp³-hybridized carbons (Fsp3) is 0.895. The van der Waals surface area contributed by atoms with Crippen molar-refractivity contribution < 1.29 is 18.0 Å². The summed E-state index contributed by atoms with van der Waals surface area (Å²) < 4.78 is 10.5. The molecule has 1 atom stereocenters. The van der Waals surface area contributed by atoms with Gasteiger partial charge in [-0.25, -0.2) is 0 Å². The molecule has 0 rings (SSSR count). The molecular formula is C19H38O4S2. The molecule has 25 heavy (non-hydrogen) atoms. The van der Waals surface area contributed by atoms with Gasteiger partial charge in [-0.1, -0.05) is 85.0 Å². The maximum atomic E-state index is 11.5. The summed E-state index contributed by atoms with van der Waals surface area (Å²) >= 11 is 1.05. The second kappa shape index (κ2) is 18.4. The summed E-state index contributed by atoms with van der Waals surface area (Å²) in [5.41, 5.74) is 0. The fourth-order valence-electron chi connectivity index (χ4n) is 2.32. The van der Waals surface area contributed by atoms with Crippen molar-refractivity contribution in [3.8, 4) is 0 Å². The molecule has 0 N–H and O–H groups in total. The first kappa shape index (κ1) is 24.6. The Morgan fingerprint density at radius 1 is 0.720 bits per heavy atom. The molecule has 0 aromatic carbocycles. The molecule has 0 radical (unpaired) electrons. The van der Waals surface area contributed by atoms with Gasteiger partial charge in [0.1, 0.15) is 11.1 Å². The van der Waals surface area contributed by atoms with Crippen LogP contribution in [0.4, 0.5) is 0 Å². The quantitative estimate of drug-likeness (QED) is 0.129. The van der Waals surface area contributed by atoms with Gasteiger partial charge < -0.3 is 8.37 Å². The smallest absolute Gasteiger partial charge is 0.318 e. The average molecular weight is 395 g/mol. The highest BCUT2D eigenvalue weighted by Crippen LogP contribution is 2.43. The highest BCUT2D eigenvalue weighted by atomic mass is 33.1. The van der Waals surface area contributed by atoms with Crippen molar-refractivity contribution in [1.82, 2.24) is 0 Å². The van der Waals surface area contributed by atoms with E-state index in [1.54, 1.807) is 13.8 Å². The lowest BCUT2D eigenvalue weighted by atomic mass is 10.1. The molecular weight excluding hydrogens is 356 g/mol. The second-order valence-electron chi connectivity index (χ2n) is 6.29. The number of thiol groups is 1. The molecule has 1 unspecified atom stereocenters. The van der Waals surface area contributed by atoms with Crippen molar-refractivity contribution in [3.63, 3.8) is 0 Å². The van der Waals surface area contributed by atoms with Crippen molar-refractivity contribution in [2.75, 3.05) is 5.75 Å². The van der Waals surface area contributed by atoms with Crippen LogP contribution in [0.15, 0.2) is 0 Å². The molecule has 0 aliphatic rings. The van der Waals surface area contributed by atoms with Crippen molar-refractivity contribution in [1.29, 1.82) is 0 Å². The van der Waals surface area contributed by atoms with E-state index < -0.39 is 10.2 Å². The molecule has 0 amide bonds. The van der Waals surface area contributed by atoms with Gasteiger partial charge in [-0.2, -0.15) is 0 Å². The molecule has 0 bridgehead atoms. The van der Waals surface area contributed by atoms with Crippen LogP contribution < -0.4 is 0 Å². The SMILES string of the molecule is CCCCCCCCCCCCC[SH](OC(=O)CC)SOC(=O)CC. The number of hydrogen-bond acceptors (Lipinski definition) is 5. The summed E-state index contributed by atoms with van der Waals surface area (Å²) in [6.45, 7) is 5.79. The summed E-state index contributed by atoms with van der Waals surface area (Å²) in [4.78, 5) is 22.7. The number of rotatable bonds is 17. The van der Waals surface area contributed by atoms with Gasteiger partial charge in [0.15, 0.2) is 0 Å². The fourth-order valence-corrected chi connectivity index (χ4v) is 5.09. The lowest BCUT2D eigenvalue weighted by Crippen LogP contribution is -2.03. The van der Waals surface area contributed by atoms with Gasteiger partial charge in [-0.3, -0.25) is 9.59 Å². The summed E-state index contributed by atoms with van der Waals surface area (Å²) in [6.07, 6.45) is 14.9. The molecule has 150 valence electrons. The molecule has 0 aromatic heterocycles. The van der Waals surface area contributed by atoms with Crippen molar-refractivity contribution in [2.24, 2.45) is 0 Å². The van der Waals surface area contributed by atoms with Gasteiger partial charge in [-0.05, 0) is 16.6 Å². The first-order valence-electron chi connectivity index (χ1n) is 9.99. The average Bonchev–Trinajstić information content (AvgIpc) is 2.63. The number of carbonyl (C=O) groups is 2. The zero-order chi connectivity index (χ0) is 18.8. The van der Waals surface area contributed by atoms with Crippen LogP contribution in [0.1, 0.15) is 104 Å². The second-order valence-corrected chi connectivity index (χ2v) is 9.57. The van der Waals surface area contributed by atoms with E-state index in [-0.39, 0.29) is 11.9 Å². The monoisotopic (exact) mass is 394 g/mol. The Balaban J connectivity index is 3.68. The Labute approximate surface area is 161 Å². The zero-order valence-electron chi connectivity index (χ0n) is 16.4. The standard InChI is InChI=1S/C19H38O4S2/c1-4-7-8-9-10-11-12-13-14-15-16-17-25(23-19(21)6-3)24-22-18(20)5-2/h25H,4-17H2,1-3H3. The predicted octanol–water partition coefficient (Wildman–Crippen LogP) is 6.68. The minimum absolute atomic E-state index is 0.214. The topological polar surface area (TPSA) is 52.6 Å². The number of hydrogen-bond donors (Lipinski definition) is 1. The molecule has 4 nitrogen and oxygen atoms in total. The summed E-state index contributed by atoms with van der Waals surface area (Å²) in [7, 11) is -1.06. The van der Waals surface area contributed by atoms with E-state index in [1.807, 2.05) is 0 Å². The van der Waals surface area contributed by atoms with Crippen LogP contribution in [-0.2, 0) is 18.0 Å². The Kier molecular flexibility index (Phi) is 18.2. The van der Waals surface area contributed by atoms with Gasteiger partial charge in [-0.15, -0.1) is 0 Å². The van der Waals surface area contributed by atoms with E-state index in [9.17, 15) is 9.59 Å². The zero-order valence-corrected chi connectivity index (χ0v) is 18.1. The summed E-state index contributed by atoms with van der Waals surface area (Å²) in [5, 5.41) is 0. The Morgan fingerprint density at radius 2 is 1.20 bits per heavy atom. The maximum absolute atomic E-state index is 11.5. The van der Waals surface area contributed by atoms with Gasteiger partial charge in [0.2, 0.25) is 0 Å². The Hall–Kier alpha value is -0.360. The Morgan fingerprint density at radius 3 is 1.68 bits per heavy atom. The third kappa shape index (κ3) is 16.8. The minimum Gasteiger partial charge on any atom is -0.405 e. The van der Waals surface area contributed by atoms with Gasteiger partial charge in [0.05, 0.1) is 0 Å². The summed E-state index contributed by atoms with van der Waals surface area (Å²) in [5.74, 6) is 0.331. The van der Waals surface area contributed by atoms with E-state index in [2.05, 4.69) is 6.92 Å². The van der Waals surface area contributed by atoms with E-state index in [0.29, 0.717) is 12.8 Å². The van der Waals surface area contributed by atoms with Crippen molar-refractivity contribution in [2.45, 2.75) is 104 Å². The molecule has 0 spiro atoms. The van der Waals surface area contributed by atoms with Gasteiger partial charge in [0.25, 0.3) is 0 Å². The summed E-state index contributed by atoms with van der Waals surface area (Å²) in [6, 6.07) is 0. The minimum atomic E-state index is -1.06. The lowest BCUT2D eigenvalue weighted by Gasteiger charge is -2.18. The predicted molar refractivity (Wildman–Crippen MR) is 111 cm³/mol. The molecule has 6 heteroatoms. The third-order valence-corrected chi connectivity index (χ3v) is 6.95. The van der Waals surface area contributed by atoms with E-state index in [4.69, 9.17) is 8.37 Å². The first-order chi connectivity index (χ1) is 12.1.